The van der Waals surface area contributed by atoms with E-state index in [0.717, 1.165) is 11.1 Å². The number of rotatable bonds is 6. The molecule has 2 rings (SSSR count). The van der Waals surface area contributed by atoms with E-state index in [9.17, 15) is 10.1 Å². The molecule has 5 nitrogen and oxygen atoms in total. The van der Waals surface area contributed by atoms with Gasteiger partial charge in [0, 0.05) is 12.6 Å². The van der Waals surface area contributed by atoms with E-state index < -0.39 is 4.92 Å². The molecule has 2 aromatic rings. The van der Waals surface area contributed by atoms with Crippen molar-refractivity contribution in [2.45, 2.75) is 13.2 Å². The summed E-state index contributed by atoms with van der Waals surface area (Å²) < 4.78 is 5.56. The van der Waals surface area contributed by atoms with Gasteiger partial charge in [0.25, 0.3) is 0 Å². The first-order valence-electron chi connectivity index (χ1n) is 6.29. The van der Waals surface area contributed by atoms with Gasteiger partial charge in [0.15, 0.2) is 5.75 Å². The molecule has 104 valence electrons. The lowest BCUT2D eigenvalue weighted by Crippen LogP contribution is -2.06. The van der Waals surface area contributed by atoms with Crippen molar-refractivity contribution in [3.05, 3.63) is 69.8 Å². The van der Waals surface area contributed by atoms with Crippen LogP contribution in [-0.4, -0.2) is 12.0 Å². The molecule has 2 aromatic carbocycles. The molecule has 0 saturated heterocycles. The van der Waals surface area contributed by atoms with E-state index in [2.05, 4.69) is 5.32 Å². The molecular formula is C15H16N2O3. The summed E-state index contributed by atoms with van der Waals surface area (Å²) >= 11 is 0. The molecule has 5 heteroatoms. The fraction of sp³-hybridized carbons (Fsp3) is 0.200. The lowest BCUT2D eigenvalue weighted by atomic mass is 10.2. The number of nitrogens with one attached hydrogen (secondary N) is 1. The van der Waals surface area contributed by atoms with Crippen LogP contribution >= 0.6 is 0 Å². The second-order valence-electron chi connectivity index (χ2n) is 4.36. The molecule has 0 amide bonds. The van der Waals surface area contributed by atoms with E-state index in [1.54, 1.807) is 13.1 Å². The second kappa shape index (κ2) is 6.68. The van der Waals surface area contributed by atoms with Crippen LogP contribution in [-0.2, 0) is 13.2 Å². The Morgan fingerprint density at radius 1 is 1.15 bits per heavy atom. The summed E-state index contributed by atoms with van der Waals surface area (Å²) in [5.41, 5.74) is 1.82. The maximum Gasteiger partial charge on any atom is 0.311 e. The zero-order valence-corrected chi connectivity index (χ0v) is 11.2. The van der Waals surface area contributed by atoms with Crippen LogP contribution in [0.1, 0.15) is 11.1 Å². The quantitative estimate of drug-likeness (QED) is 0.648. The first-order valence-corrected chi connectivity index (χ1v) is 6.29. The van der Waals surface area contributed by atoms with Gasteiger partial charge in [-0.15, -0.1) is 0 Å². The Labute approximate surface area is 117 Å². The molecule has 1 N–H and O–H groups in total. The highest BCUT2D eigenvalue weighted by Gasteiger charge is 2.15. The SMILES string of the molecule is CNCc1ccc(OCc2ccccc2)c([N+](=O)[O-])c1. The van der Waals surface area contributed by atoms with Gasteiger partial charge in [-0.3, -0.25) is 10.1 Å². The van der Waals surface area contributed by atoms with Gasteiger partial charge in [-0.05, 0) is 24.2 Å². The highest BCUT2D eigenvalue weighted by atomic mass is 16.6. The number of nitro benzene ring substituents is 1. The molecule has 0 aliphatic carbocycles. The predicted octanol–water partition coefficient (Wildman–Crippen LogP) is 2.89. The van der Waals surface area contributed by atoms with Gasteiger partial charge in [-0.2, -0.15) is 0 Å². The fourth-order valence-electron chi connectivity index (χ4n) is 1.88. The Hall–Kier alpha value is -2.40. The Kier molecular flexibility index (Phi) is 4.68. The van der Waals surface area contributed by atoms with E-state index in [1.807, 2.05) is 36.4 Å². The Morgan fingerprint density at radius 2 is 1.90 bits per heavy atom. The standard InChI is InChI=1S/C15H16N2O3/c1-16-10-13-7-8-15(14(9-13)17(18)19)20-11-12-5-3-2-4-6-12/h2-9,16H,10-11H2,1H3. The van der Waals surface area contributed by atoms with Crippen LogP contribution in [0.25, 0.3) is 0 Å². The van der Waals surface area contributed by atoms with Gasteiger partial charge in [0.05, 0.1) is 4.92 Å². The number of nitrogens with zero attached hydrogens (tertiary/aromatic N) is 1. The topological polar surface area (TPSA) is 64.4 Å². The lowest BCUT2D eigenvalue weighted by molar-refractivity contribution is -0.386. The minimum Gasteiger partial charge on any atom is -0.482 e. The summed E-state index contributed by atoms with van der Waals surface area (Å²) in [6.07, 6.45) is 0. The monoisotopic (exact) mass is 272 g/mol. The Morgan fingerprint density at radius 3 is 2.55 bits per heavy atom. The summed E-state index contributed by atoms with van der Waals surface area (Å²) in [5.74, 6) is 0.290. The van der Waals surface area contributed by atoms with Crippen LogP contribution < -0.4 is 10.1 Å². The zero-order chi connectivity index (χ0) is 14.4. The molecule has 0 aliphatic rings. The number of nitro groups is 1. The average molecular weight is 272 g/mol. The highest BCUT2D eigenvalue weighted by Crippen LogP contribution is 2.28. The first kappa shape index (κ1) is 14.0. The minimum atomic E-state index is -0.417. The predicted molar refractivity (Wildman–Crippen MR) is 76.6 cm³/mol. The van der Waals surface area contributed by atoms with Crippen molar-refractivity contribution < 1.29 is 9.66 Å². The molecule has 0 fully saturated rings. The number of benzene rings is 2. The Balaban J connectivity index is 2.16. The van der Waals surface area contributed by atoms with Gasteiger partial charge >= 0.3 is 5.69 Å². The van der Waals surface area contributed by atoms with E-state index in [1.165, 1.54) is 6.07 Å². The number of ether oxygens (including phenoxy) is 1. The van der Waals surface area contributed by atoms with E-state index in [-0.39, 0.29) is 5.69 Å². The number of hydrogen-bond donors (Lipinski definition) is 1. The molecule has 0 bridgehead atoms. The van der Waals surface area contributed by atoms with Crippen LogP contribution in [0.4, 0.5) is 5.69 Å². The van der Waals surface area contributed by atoms with Crippen LogP contribution in [0.3, 0.4) is 0 Å². The summed E-state index contributed by atoms with van der Waals surface area (Å²) in [4.78, 5) is 10.7. The van der Waals surface area contributed by atoms with E-state index in [0.29, 0.717) is 18.9 Å². The van der Waals surface area contributed by atoms with Crippen LogP contribution in [0.2, 0.25) is 0 Å². The summed E-state index contributed by atoms with van der Waals surface area (Å²) in [5, 5.41) is 14.1. The Bertz CT molecular complexity index is 585. The molecular weight excluding hydrogens is 256 g/mol. The van der Waals surface area contributed by atoms with Crippen molar-refractivity contribution in [2.75, 3.05) is 7.05 Å². The third kappa shape index (κ3) is 3.55. The molecule has 0 heterocycles. The van der Waals surface area contributed by atoms with Crippen molar-refractivity contribution in [2.24, 2.45) is 0 Å². The molecule has 0 spiro atoms. The highest BCUT2D eigenvalue weighted by molar-refractivity contribution is 5.48. The molecule has 0 unspecified atom stereocenters. The van der Waals surface area contributed by atoms with Crippen LogP contribution in [0.15, 0.2) is 48.5 Å². The summed E-state index contributed by atoms with van der Waals surface area (Å²) in [6, 6.07) is 14.6. The number of hydrogen-bond acceptors (Lipinski definition) is 4. The van der Waals surface area contributed by atoms with Gasteiger partial charge in [0.2, 0.25) is 0 Å². The van der Waals surface area contributed by atoms with Crippen LogP contribution in [0.5, 0.6) is 5.75 Å². The van der Waals surface area contributed by atoms with E-state index in [4.69, 9.17) is 4.74 Å². The van der Waals surface area contributed by atoms with Gasteiger partial charge < -0.3 is 10.1 Å². The maximum absolute atomic E-state index is 11.1. The lowest BCUT2D eigenvalue weighted by Gasteiger charge is -2.08. The second-order valence-corrected chi connectivity index (χ2v) is 4.36. The molecule has 0 aromatic heterocycles. The molecule has 0 radical (unpaired) electrons. The average Bonchev–Trinajstić information content (AvgIpc) is 2.47. The van der Waals surface area contributed by atoms with Crippen molar-refractivity contribution in [3.63, 3.8) is 0 Å². The van der Waals surface area contributed by atoms with Gasteiger partial charge in [-0.1, -0.05) is 36.4 Å². The normalized spacial score (nSPS) is 10.2. The van der Waals surface area contributed by atoms with Crippen molar-refractivity contribution in [3.8, 4) is 5.75 Å². The third-order valence-electron chi connectivity index (χ3n) is 2.84. The van der Waals surface area contributed by atoms with Gasteiger partial charge in [-0.25, -0.2) is 0 Å². The maximum atomic E-state index is 11.1. The van der Waals surface area contributed by atoms with E-state index >= 15 is 0 Å². The molecule has 0 aliphatic heterocycles. The third-order valence-corrected chi connectivity index (χ3v) is 2.84. The summed E-state index contributed by atoms with van der Waals surface area (Å²) in [7, 11) is 1.80. The minimum absolute atomic E-state index is 0.00585. The van der Waals surface area contributed by atoms with Crippen molar-refractivity contribution in [1.29, 1.82) is 0 Å². The first-order chi connectivity index (χ1) is 9.70. The van der Waals surface area contributed by atoms with Crippen molar-refractivity contribution in [1.82, 2.24) is 5.32 Å². The molecule has 0 atom stereocenters. The molecule has 20 heavy (non-hydrogen) atoms. The fourth-order valence-corrected chi connectivity index (χ4v) is 1.88. The summed E-state index contributed by atoms with van der Waals surface area (Å²) in [6.45, 7) is 0.896. The zero-order valence-electron chi connectivity index (χ0n) is 11.2. The van der Waals surface area contributed by atoms with Gasteiger partial charge in [0.1, 0.15) is 6.61 Å². The smallest absolute Gasteiger partial charge is 0.311 e. The van der Waals surface area contributed by atoms with Crippen LogP contribution in [0, 0.1) is 10.1 Å². The van der Waals surface area contributed by atoms with Crippen molar-refractivity contribution >= 4 is 5.69 Å². The largest absolute Gasteiger partial charge is 0.482 e. The molecule has 0 saturated carbocycles.